The van der Waals surface area contributed by atoms with Crippen LogP contribution >= 0.6 is 23.2 Å². The lowest BCUT2D eigenvalue weighted by atomic mass is 10.2. The van der Waals surface area contributed by atoms with Gasteiger partial charge >= 0.3 is 0 Å². The molecular weight excluding hydrogens is 275 g/mol. The number of hydrogen-bond donors (Lipinski definition) is 2. The van der Waals surface area contributed by atoms with E-state index in [2.05, 4.69) is 0 Å². The van der Waals surface area contributed by atoms with Crippen LogP contribution in [0.1, 0.15) is 5.56 Å². The number of aromatic nitrogens is 1. The van der Waals surface area contributed by atoms with E-state index < -0.39 is 11.3 Å². The number of aromatic hydroxyl groups is 1. The van der Waals surface area contributed by atoms with Crippen LogP contribution in [0.4, 0.5) is 5.69 Å². The third-order valence-electron chi connectivity index (χ3n) is 2.54. The molecule has 0 aliphatic carbocycles. The zero-order valence-electron chi connectivity index (χ0n) is 9.23. The Morgan fingerprint density at radius 1 is 1.22 bits per heavy atom. The lowest BCUT2D eigenvalue weighted by Gasteiger charge is -2.10. The lowest BCUT2D eigenvalue weighted by Crippen LogP contribution is -2.23. The molecule has 3 N–H and O–H groups in total. The fourth-order valence-corrected chi connectivity index (χ4v) is 1.98. The van der Waals surface area contributed by atoms with E-state index in [0.717, 1.165) is 5.56 Å². The van der Waals surface area contributed by atoms with Gasteiger partial charge in [-0.3, -0.25) is 4.79 Å². The maximum atomic E-state index is 11.8. The Kier molecular flexibility index (Phi) is 3.50. The number of hydrogen-bond acceptors (Lipinski definition) is 3. The molecule has 2 rings (SSSR count). The third-order valence-corrected chi connectivity index (χ3v) is 3.19. The van der Waals surface area contributed by atoms with Crippen LogP contribution in [0.25, 0.3) is 0 Å². The Bertz CT molecular complexity index is 653. The molecule has 4 nitrogen and oxygen atoms in total. The van der Waals surface area contributed by atoms with E-state index in [1.165, 1.54) is 10.8 Å². The quantitative estimate of drug-likeness (QED) is 0.890. The minimum Gasteiger partial charge on any atom is -0.504 e. The van der Waals surface area contributed by atoms with Crippen LogP contribution in [0.2, 0.25) is 10.0 Å². The van der Waals surface area contributed by atoms with Crippen molar-refractivity contribution in [2.75, 3.05) is 5.73 Å². The van der Waals surface area contributed by atoms with E-state index in [0.29, 0.717) is 5.02 Å². The topological polar surface area (TPSA) is 68.2 Å². The van der Waals surface area contributed by atoms with Crippen molar-refractivity contribution in [3.05, 3.63) is 56.4 Å². The number of nitrogens with two attached hydrogens (primary N) is 1. The molecular formula is C12H10Cl2N2O2. The Morgan fingerprint density at radius 3 is 2.56 bits per heavy atom. The molecule has 0 radical (unpaired) electrons. The average molecular weight is 285 g/mol. The van der Waals surface area contributed by atoms with Gasteiger partial charge in [0.2, 0.25) is 0 Å². The summed E-state index contributed by atoms with van der Waals surface area (Å²) in [6.07, 6.45) is 1.33. The highest BCUT2D eigenvalue weighted by Gasteiger charge is 2.11. The molecule has 0 saturated carbocycles. The molecule has 0 unspecified atom stereocenters. The maximum Gasteiger partial charge on any atom is 0.277 e. The predicted molar refractivity (Wildman–Crippen MR) is 72.3 cm³/mol. The number of anilines is 1. The molecule has 0 atom stereocenters. The van der Waals surface area contributed by atoms with Crippen molar-refractivity contribution in [1.29, 1.82) is 0 Å². The highest BCUT2D eigenvalue weighted by Crippen LogP contribution is 2.26. The van der Waals surface area contributed by atoms with E-state index >= 15 is 0 Å². The Hall–Kier alpha value is -1.65. The number of benzene rings is 1. The first kappa shape index (κ1) is 12.8. The first-order chi connectivity index (χ1) is 8.50. The molecule has 0 bridgehead atoms. The van der Waals surface area contributed by atoms with Gasteiger partial charge in [0, 0.05) is 11.2 Å². The summed E-state index contributed by atoms with van der Waals surface area (Å²) in [4.78, 5) is 11.8. The highest BCUT2D eigenvalue weighted by molar-refractivity contribution is 6.32. The van der Waals surface area contributed by atoms with Gasteiger partial charge in [0.1, 0.15) is 10.7 Å². The molecule has 0 aliphatic rings. The largest absolute Gasteiger partial charge is 0.504 e. The number of rotatable bonds is 2. The third kappa shape index (κ3) is 2.30. The van der Waals surface area contributed by atoms with Crippen LogP contribution in [0.3, 0.4) is 0 Å². The van der Waals surface area contributed by atoms with Crippen LogP contribution < -0.4 is 11.3 Å². The van der Waals surface area contributed by atoms with E-state index in [9.17, 15) is 9.90 Å². The highest BCUT2D eigenvalue weighted by atomic mass is 35.5. The molecule has 0 aliphatic heterocycles. The van der Waals surface area contributed by atoms with Crippen LogP contribution in [0, 0.1) is 0 Å². The summed E-state index contributed by atoms with van der Waals surface area (Å²) in [6, 6.07) is 7.14. The molecule has 0 spiro atoms. The fourth-order valence-electron chi connectivity index (χ4n) is 1.57. The minimum atomic E-state index is -0.503. The monoisotopic (exact) mass is 284 g/mol. The van der Waals surface area contributed by atoms with Crippen molar-refractivity contribution in [3.63, 3.8) is 0 Å². The molecule has 0 fully saturated rings. The summed E-state index contributed by atoms with van der Waals surface area (Å²) in [5.74, 6) is -0.392. The SMILES string of the molecule is Nc1c(O)c(Cl)cn(Cc2ccccc2Cl)c1=O. The first-order valence-corrected chi connectivity index (χ1v) is 5.87. The molecule has 2 aromatic rings. The molecule has 18 heavy (non-hydrogen) atoms. The number of halogens is 2. The molecule has 0 amide bonds. The first-order valence-electron chi connectivity index (χ1n) is 5.11. The molecule has 1 aromatic carbocycles. The second kappa shape index (κ2) is 4.92. The minimum absolute atomic E-state index is 0.0270. The van der Waals surface area contributed by atoms with Gasteiger partial charge in [-0.2, -0.15) is 0 Å². The van der Waals surface area contributed by atoms with Crippen molar-refractivity contribution >= 4 is 28.9 Å². The van der Waals surface area contributed by atoms with E-state index in [1.807, 2.05) is 6.07 Å². The second-order valence-electron chi connectivity index (χ2n) is 3.76. The van der Waals surface area contributed by atoms with E-state index in [1.54, 1.807) is 18.2 Å². The number of pyridine rings is 1. The van der Waals surface area contributed by atoms with Gasteiger partial charge < -0.3 is 15.4 Å². The second-order valence-corrected chi connectivity index (χ2v) is 4.58. The van der Waals surface area contributed by atoms with Gasteiger partial charge in [0.25, 0.3) is 5.56 Å². The van der Waals surface area contributed by atoms with Crippen molar-refractivity contribution in [3.8, 4) is 5.75 Å². The van der Waals surface area contributed by atoms with Gasteiger partial charge in [-0.15, -0.1) is 0 Å². The van der Waals surface area contributed by atoms with E-state index in [4.69, 9.17) is 28.9 Å². The summed E-state index contributed by atoms with van der Waals surface area (Å²) in [7, 11) is 0. The Labute approximate surface area is 113 Å². The molecule has 0 saturated heterocycles. The summed E-state index contributed by atoms with van der Waals surface area (Å²) >= 11 is 11.8. The van der Waals surface area contributed by atoms with Gasteiger partial charge in [-0.05, 0) is 11.6 Å². The zero-order valence-corrected chi connectivity index (χ0v) is 10.7. The molecule has 6 heteroatoms. The summed E-state index contributed by atoms with van der Waals surface area (Å²) < 4.78 is 1.30. The smallest absolute Gasteiger partial charge is 0.277 e. The summed E-state index contributed by atoms with van der Waals surface area (Å²) in [5, 5.41) is 10.0. The Morgan fingerprint density at radius 2 is 1.89 bits per heavy atom. The van der Waals surface area contributed by atoms with Gasteiger partial charge in [0.05, 0.1) is 6.54 Å². The van der Waals surface area contributed by atoms with Crippen LogP contribution in [-0.2, 0) is 6.54 Å². The standard InChI is InChI=1S/C12H10Cl2N2O2/c13-8-4-2-1-3-7(8)5-16-6-9(14)11(17)10(15)12(16)18/h1-4,6,17H,5,15H2. The predicted octanol–water partition coefficient (Wildman–Crippen LogP) is 2.49. The van der Waals surface area contributed by atoms with Crippen LogP contribution in [-0.4, -0.2) is 9.67 Å². The van der Waals surface area contributed by atoms with E-state index in [-0.39, 0.29) is 17.3 Å². The zero-order chi connectivity index (χ0) is 13.3. The molecule has 94 valence electrons. The summed E-state index contributed by atoms with van der Waals surface area (Å²) in [6.45, 7) is 0.239. The lowest BCUT2D eigenvalue weighted by molar-refractivity contribution is 0.475. The van der Waals surface area contributed by atoms with Gasteiger partial charge in [-0.25, -0.2) is 0 Å². The average Bonchev–Trinajstić information content (AvgIpc) is 2.36. The summed E-state index contributed by atoms with van der Waals surface area (Å²) in [5.41, 5.74) is 5.47. The van der Waals surface area contributed by atoms with Crippen molar-refractivity contribution in [2.45, 2.75) is 6.54 Å². The van der Waals surface area contributed by atoms with Crippen molar-refractivity contribution in [2.24, 2.45) is 0 Å². The van der Waals surface area contributed by atoms with Crippen LogP contribution in [0.5, 0.6) is 5.75 Å². The maximum absolute atomic E-state index is 11.8. The van der Waals surface area contributed by atoms with Crippen molar-refractivity contribution in [1.82, 2.24) is 4.57 Å². The molecule has 1 aromatic heterocycles. The van der Waals surface area contributed by atoms with Crippen molar-refractivity contribution < 1.29 is 5.11 Å². The Balaban J connectivity index is 2.48. The van der Waals surface area contributed by atoms with Crippen LogP contribution in [0.15, 0.2) is 35.3 Å². The fraction of sp³-hybridized carbons (Fsp3) is 0.0833. The van der Waals surface area contributed by atoms with Gasteiger partial charge in [-0.1, -0.05) is 41.4 Å². The number of nitrogens with zero attached hydrogens (tertiary/aromatic N) is 1. The number of nitrogen functional groups attached to an aromatic ring is 1. The normalized spacial score (nSPS) is 10.6. The molecule has 1 heterocycles. The van der Waals surface area contributed by atoms with Gasteiger partial charge in [0.15, 0.2) is 5.75 Å².